The number of carboxylic acid groups (broad SMARTS) is 1. The number of carboxylic acids is 1. The highest BCUT2D eigenvalue weighted by Crippen LogP contribution is 2.78. The number of hydrogen-bond donors (Lipinski definition) is 1. The number of piperazine rings is 1. The fourth-order valence-electron chi connectivity index (χ4n) is 14.4. The molecule has 1 aliphatic heterocycles. The smallest absolute Gasteiger partial charge is 0.306 e. The van der Waals surface area contributed by atoms with Gasteiger partial charge in [0.25, 0.3) is 0 Å². The first-order valence-corrected chi connectivity index (χ1v) is 20.3. The number of fused-ring (bicyclic) bond motifs is 7. The van der Waals surface area contributed by atoms with Crippen molar-refractivity contribution in [2.45, 2.75) is 145 Å². The number of ether oxygens (including phenoxy) is 1. The van der Waals surface area contributed by atoms with Gasteiger partial charge in [0, 0.05) is 31.6 Å². The van der Waals surface area contributed by atoms with Gasteiger partial charge in [0.2, 0.25) is 0 Å². The van der Waals surface area contributed by atoms with Crippen LogP contribution in [0.5, 0.6) is 0 Å². The van der Waals surface area contributed by atoms with Gasteiger partial charge >= 0.3 is 11.9 Å². The number of likely N-dealkylation sites (N-methyl/N-ethyl adjacent to an activating group) is 1. The van der Waals surface area contributed by atoms with Gasteiger partial charge in [0.05, 0.1) is 12.8 Å². The highest BCUT2D eigenvalue weighted by atomic mass is 16.5. The summed E-state index contributed by atoms with van der Waals surface area (Å²) in [4.78, 5) is 29.9. The molecule has 5 aliphatic carbocycles. The molecule has 0 aromatic heterocycles. The lowest BCUT2D eigenvalue weighted by Gasteiger charge is -2.73. The molecule has 0 unspecified atom stereocenters. The first-order chi connectivity index (χ1) is 22.8. The average molecular weight is 681 g/mol. The summed E-state index contributed by atoms with van der Waals surface area (Å²) >= 11 is 0. The lowest BCUT2D eigenvalue weighted by atomic mass is 9.32. The molecular weight excluding hydrogens is 608 g/mol. The molecular formula is C43H72N2O4. The van der Waals surface area contributed by atoms with Crippen molar-refractivity contribution in [1.82, 2.24) is 9.80 Å². The van der Waals surface area contributed by atoms with Crippen molar-refractivity contribution in [3.63, 3.8) is 0 Å². The van der Waals surface area contributed by atoms with E-state index in [-0.39, 0.29) is 35.7 Å². The van der Waals surface area contributed by atoms with Crippen molar-refractivity contribution >= 4 is 11.9 Å². The summed E-state index contributed by atoms with van der Waals surface area (Å²) in [5.74, 6) is 2.33. The van der Waals surface area contributed by atoms with Gasteiger partial charge in [0.15, 0.2) is 0 Å². The standard InChI is InChI=1S/C43H72N2O4/c1-29(2)30-13-18-43(21-22-45-25-23-44(10)24-26-45)20-19-41(8)31(37(30)43)11-12-33-40(7)16-15-34(39(5,6)32(40)14-17-42(33,41)9)49-36(48)28-38(3,4)27-35(46)47/h30-34,37H,1,11-28H2,2-10H3,(H,46,47)/t30-,31+,32-,33+,34-,37+,40-,41+,42+,43+/m0/s1. The molecule has 6 rings (SSSR count). The molecule has 10 atom stereocenters. The van der Waals surface area contributed by atoms with Crippen molar-refractivity contribution in [1.29, 1.82) is 0 Å². The van der Waals surface area contributed by atoms with Crippen LogP contribution in [0.25, 0.3) is 0 Å². The SMILES string of the molecule is C=C(C)[C@@H]1CC[C@]2(CCN3CCN(C)CC3)CC[C@]3(C)[C@H](CC[C@@H]4[C@@]5(C)CC[C@H](OC(=O)CC(C)(C)CC(=O)O)C(C)(C)[C@@H]5CC[C@]43C)[C@@H]12. The Morgan fingerprint density at radius 1 is 0.837 bits per heavy atom. The Kier molecular flexibility index (Phi) is 9.85. The molecule has 0 spiro atoms. The van der Waals surface area contributed by atoms with Crippen LogP contribution in [0.15, 0.2) is 12.2 Å². The Balaban J connectivity index is 1.21. The first kappa shape index (κ1) is 37.4. The van der Waals surface area contributed by atoms with Crippen LogP contribution in [-0.2, 0) is 14.3 Å². The van der Waals surface area contributed by atoms with E-state index in [9.17, 15) is 14.7 Å². The third kappa shape index (κ3) is 6.27. The monoisotopic (exact) mass is 681 g/mol. The molecule has 49 heavy (non-hydrogen) atoms. The van der Waals surface area contributed by atoms with Crippen LogP contribution in [0, 0.1) is 62.1 Å². The van der Waals surface area contributed by atoms with Gasteiger partial charge in [-0.3, -0.25) is 9.59 Å². The number of hydrogen-bond acceptors (Lipinski definition) is 5. The zero-order valence-electron chi connectivity index (χ0n) is 33.0. The minimum atomic E-state index is -0.863. The number of allylic oxidation sites excluding steroid dienone is 1. The summed E-state index contributed by atoms with van der Waals surface area (Å²) < 4.78 is 6.30. The van der Waals surface area contributed by atoms with Gasteiger partial charge in [0.1, 0.15) is 6.10 Å². The maximum Gasteiger partial charge on any atom is 0.306 e. The quantitative estimate of drug-likeness (QED) is 0.194. The van der Waals surface area contributed by atoms with E-state index in [0.717, 1.165) is 24.7 Å². The number of nitrogens with zero attached hydrogens (tertiary/aromatic N) is 2. The van der Waals surface area contributed by atoms with E-state index < -0.39 is 11.4 Å². The molecule has 0 aromatic carbocycles. The minimum absolute atomic E-state index is 0.0256. The topological polar surface area (TPSA) is 70.1 Å². The van der Waals surface area contributed by atoms with E-state index in [1.807, 2.05) is 13.8 Å². The van der Waals surface area contributed by atoms with Crippen LogP contribution in [0.1, 0.15) is 139 Å². The Morgan fingerprint density at radius 3 is 2.18 bits per heavy atom. The maximum atomic E-state index is 13.2. The molecule has 0 aromatic rings. The lowest BCUT2D eigenvalue weighted by Crippen LogP contribution is -2.66. The van der Waals surface area contributed by atoms with E-state index >= 15 is 0 Å². The van der Waals surface area contributed by atoms with Gasteiger partial charge in [-0.2, -0.15) is 0 Å². The fraction of sp³-hybridized carbons (Fsp3) is 0.907. The van der Waals surface area contributed by atoms with Crippen LogP contribution in [0.4, 0.5) is 0 Å². The average Bonchev–Trinajstić information content (AvgIpc) is 3.38. The zero-order chi connectivity index (χ0) is 35.8. The Labute approximate surface area is 299 Å². The Hall–Kier alpha value is -1.40. The van der Waals surface area contributed by atoms with Crippen LogP contribution < -0.4 is 0 Å². The van der Waals surface area contributed by atoms with Crippen molar-refractivity contribution < 1.29 is 19.4 Å². The number of aliphatic carboxylic acids is 1. The second kappa shape index (κ2) is 12.9. The summed E-state index contributed by atoms with van der Waals surface area (Å²) in [6.07, 6.45) is 14.1. The molecule has 6 nitrogen and oxygen atoms in total. The first-order valence-electron chi connectivity index (χ1n) is 20.3. The zero-order valence-corrected chi connectivity index (χ0v) is 33.0. The molecule has 0 amide bonds. The maximum absolute atomic E-state index is 13.2. The van der Waals surface area contributed by atoms with Crippen molar-refractivity contribution in [3.05, 3.63) is 12.2 Å². The summed E-state index contributed by atoms with van der Waals surface area (Å²) in [7, 11) is 2.27. The summed E-state index contributed by atoms with van der Waals surface area (Å²) in [5.41, 5.74) is 2.09. The van der Waals surface area contributed by atoms with Crippen LogP contribution in [0.2, 0.25) is 0 Å². The molecule has 0 radical (unpaired) electrons. The Morgan fingerprint density at radius 2 is 1.53 bits per heavy atom. The highest BCUT2D eigenvalue weighted by Gasteiger charge is 2.71. The highest BCUT2D eigenvalue weighted by molar-refractivity contribution is 5.73. The van der Waals surface area contributed by atoms with E-state index in [2.05, 4.69) is 65.0 Å². The third-order valence-electron chi connectivity index (χ3n) is 17.2. The number of carbonyl (C=O) groups is 2. The second-order valence-electron chi connectivity index (χ2n) is 20.7. The number of esters is 1. The summed E-state index contributed by atoms with van der Waals surface area (Å²) in [5, 5.41) is 9.35. The predicted molar refractivity (Wildman–Crippen MR) is 198 cm³/mol. The summed E-state index contributed by atoms with van der Waals surface area (Å²) in [6.45, 7) is 29.7. The normalized spacial score (nSPS) is 43.9. The van der Waals surface area contributed by atoms with E-state index in [1.165, 1.54) is 96.1 Å². The van der Waals surface area contributed by atoms with Gasteiger partial charge in [-0.05, 0) is 148 Å². The molecule has 0 bridgehead atoms. The van der Waals surface area contributed by atoms with E-state index in [0.29, 0.717) is 34.0 Å². The Bertz CT molecular complexity index is 1280. The molecule has 1 saturated heterocycles. The largest absolute Gasteiger partial charge is 0.481 e. The van der Waals surface area contributed by atoms with Gasteiger partial charge in [-0.1, -0.05) is 60.6 Å². The molecule has 1 N–H and O–H groups in total. The second-order valence-corrected chi connectivity index (χ2v) is 20.7. The number of carbonyl (C=O) groups excluding carboxylic acids is 1. The molecule has 6 heteroatoms. The molecule has 5 saturated carbocycles. The van der Waals surface area contributed by atoms with Crippen LogP contribution in [0.3, 0.4) is 0 Å². The number of rotatable bonds is 9. The minimum Gasteiger partial charge on any atom is -0.481 e. The predicted octanol–water partition coefficient (Wildman–Crippen LogP) is 9.08. The van der Waals surface area contributed by atoms with Gasteiger partial charge in [-0.15, -0.1) is 0 Å². The molecule has 278 valence electrons. The van der Waals surface area contributed by atoms with Crippen molar-refractivity contribution in [2.75, 3.05) is 39.8 Å². The molecule has 1 heterocycles. The summed E-state index contributed by atoms with van der Waals surface area (Å²) in [6, 6.07) is 0. The van der Waals surface area contributed by atoms with Crippen LogP contribution in [-0.4, -0.2) is 72.7 Å². The van der Waals surface area contributed by atoms with E-state index in [1.54, 1.807) is 0 Å². The molecule has 6 fully saturated rings. The third-order valence-corrected chi connectivity index (χ3v) is 17.2. The lowest BCUT2D eigenvalue weighted by molar-refractivity contribution is -0.250. The fourth-order valence-corrected chi connectivity index (χ4v) is 14.4. The van der Waals surface area contributed by atoms with E-state index in [4.69, 9.17) is 4.74 Å². The van der Waals surface area contributed by atoms with Crippen molar-refractivity contribution in [3.8, 4) is 0 Å². The van der Waals surface area contributed by atoms with Crippen molar-refractivity contribution in [2.24, 2.45) is 62.1 Å². The van der Waals surface area contributed by atoms with Gasteiger partial charge in [-0.25, -0.2) is 0 Å². The molecule has 6 aliphatic rings. The van der Waals surface area contributed by atoms with Gasteiger partial charge < -0.3 is 19.6 Å². The van der Waals surface area contributed by atoms with Crippen LogP contribution >= 0.6 is 0 Å².